The summed E-state index contributed by atoms with van der Waals surface area (Å²) in [6.07, 6.45) is 17.9. The minimum absolute atomic E-state index is 0.151. The lowest BCUT2D eigenvalue weighted by molar-refractivity contribution is -0.385. The molecule has 10 heteroatoms. The van der Waals surface area contributed by atoms with Gasteiger partial charge in [0.1, 0.15) is 11.5 Å². The van der Waals surface area contributed by atoms with Gasteiger partial charge in [-0.2, -0.15) is 0 Å². The largest absolute Gasteiger partial charge is 0.494 e. The van der Waals surface area contributed by atoms with Crippen molar-refractivity contribution in [2.45, 2.75) is 103 Å². The van der Waals surface area contributed by atoms with Gasteiger partial charge in [-0.1, -0.05) is 127 Å². The van der Waals surface area contributed by atoms with Gasteiger partial charge in [0.05, 0.1) is 30.3 Å². The molecule has 0 spiro atoms. The van der Waals surface area contributed by atoms with Crippen LogP contribution in [0.1, 0.15) is 114 Å². The topological polar surface area (TPSA) is 140 Å². The Balaban J connectivity index is 1.17. The van der Waals surface area contributed by atoms with Crippen LogP contribution in [-0.4, -0.2) is 36.7 Å². The molecule has 57 heavy (non-hydrogen) atoms. The molecule has 0 fully saturated rings. The minimum atomic E-state index is -0.523. The second-order valence-electron chi connectivity index (χ2n) is 14.2. The summed E-state index contributed by atoms with van der Waals surface area (Å²) in [6, 6.07) is 24.8. The van der Waals surface area contributed by atoms with E-state index in [4.69, 9.17) is 24.7 Å². The molecule has 0 aliphatic carbocycles. The summed E-state index contributed by atoms with van der Waals surface area (Å²) in [7, 11) is 0. The second kappa shape index (κ2) is 24.8. The molecule has 0 aliphatic heterocycles. The number of nitro groups is 1. The van der Waals surface area contributed by atoms with E-state index in [-0.39, 0.29) is 17.4 Å². The number of carbonyl (C=O) groups excluding carboxylic acids is 2. The number of nitrogens with two attached hydrogens (primary N) is 1. The van der Waals surface area contributed by atoms with E-state index in [1.807, 2.05) is 36.4 Å². The zero-order valence-electron chi connectivity index (χ0n) is 33.4. The third kappa shape index (κ3) is 15.4. The number of nitrogens with zero attached hydrogens (tertiary/aromatic N) is 1. The highest BCUT2D eigenvalue weighted by Crippen LogP contribution is 2.37. The molecule has 0 saturated carbocycles. The number of hydrogen-bond donors (Lipinski definition) is 1. The average molecular weight is 779 g/mol. The standard InChI is InChI=1S/C47H58N2O8/c1-3-5-6-7-13-17-32-55-45-35-43(48)42(34-44(45)49(52)53)38-19-21-39(22-20-38)47(51)57-41-29-25-37(26-30-41)36-23-27-40(28-24-36)54-31-16-14-11-9-8-10-12-15-18-33-56-46(50)4-2/h4,19-30,34-35H,2-3,5-18,31-33,48H2,1H3. The normalized spacial score (nSPS) is 10.8. The molecule has 4 rings (SSSR count). The van der Waals surface area contributed by atoms with Crippen LogP contribution < -0.4 is 19.9 Å². The molecule has 0 unspecified atom stereocenters. The molecular formula is C47H58N2O8. The molecule has 0 aromatic heterocycles. The van der Waals surface area contributed by atoms with E-state index in [0.717, 1.165) is 61.8 Å². The van der Waals surface area contributed by atoms with Crippen molar-refractivity contribution in [3.05, 3.63) is 113 Å². The van der Waals surface area contributed by atoms with E-state index in [1.54, 1.807) is 36.4 Å². The summed E-state index contributed by atoms with van der Waals surface area (Å²) in [5.41, 5.74) is 9.97. The first kappa shape index (κ1) is 44.1. The number of hydrogen-bond acceptors (Lipinski definition) is 9. The highest BCUT2D eigenvalue weighted by Gasteiger charge is 2.20. The quantitative estimate of drug-likeness (QED) is 0.0119. The fraction of sp³-hybridized carbons (Fsp3) is 0.404. The molecule has 0 radical (unpaired) electrons. The van der Waals surface area contributed by atoms with Crippen molar-refractivity contribution >= 4 is 23.3 Å². The maximum Gasteiger partial charge on any atom is 0.343 e. The molecule has 304 valence electrons. The summed E-state index contributed by atoms with van der Waals surface area (Å²) in [5.74, 6) is 0.528. The summed E-state index contributed by atoms with van der Waals surface area (Å²) in [4.78, 5) is 35.4. The van der Waals surface area contributed by atoms with Gasteiger partial charge in [0, 0.05) is 29.5 Å². The van der Waals surface area contributed by atoms with Gasteiger partial charge in [-0.15, -0.1) is 0 Å². The van der Waals surface area contributed by atoms with Crippen molar-refractivity contribution in [2.75, 3.05) is 25.6 Å². The van der Waals surface area contributed by atoms with Gasteiger partial charge in [-0.05, 0) is 72.4 Å². The Morgan fingerprint density at radius 1 is 0.649 bits per heavy atom. The summed E-state index contributed by atoms with van der Waals surface area (Å²) in [6.45, 7) is 7.12. The molecular weight excluding hydrogens is 721 g/mol. The van der Waals surface area contributed by atoms with Crippen LogP contribution in [0.25, 0.3) is 22.3 Å². The van der Waals surface area contributed by atoms with Crippen LogP contribution in [0.15, 0.2) is 97.6 Å². The van der Waals surface area contributed by atoms with Gasteiger partial charge in [0.15, 0.2) is 5.75 Å². The fourth-order valence-corrected chi connectivity index (χ4v) is 6.43. The number of carbonyl (C=O) groups is 2. The van der Waals surface area contributed by atoms with E-state index in [0.29, 0.717) is 47.9 Å². The Morgan fingerprint density at radius 3 is 1.68 bits per heavy atom. The van der Waals surface area contributed by atoms with Gasteiger partial charge in [0.2, 0.25) is 0 Å². The van der Waals surface area contributed by atoms with Crippen molar-refractivity contribution in [3.63, 3.8) is 0 Å². The van der Waals surface area contributed by atoms with Crippen molar-refractivity contribution in [3.8, 4) is 39.5 Å². The lowest BCUT2D eigenvalue weighted by Gasteiger charge is -2.12. The molecule has 0 aliphatic rings. The SMILES string of the molecule is C=CC(=O)OCCCCCCCCCCCOc1ccc(-c2ccc(OC(=O)c3ccc(-c4cc([N+](=O)[O-])c(OCCCCCCCC)cc4N)cc3)cc2)cc1. The van der Waals surface area contributed by atoms with Crippen LogP contribution in [-0.2, 0) is 9.53 Å². The highest BCUT2D eigenvalue weighted by molar-refractivity contribution is 5.92. The third-order valence-corrected chi connectivity index (χ3v) is 9.74. The predicted octanol–water partition coefficient (Wildman–Crippen LogP) is 12.1. The molecule has 0 amide bonds. The second-order valence-corrected chi connectivity index (χ2v) is 14.2. The van der Waals surface area contributed by atoms with E-state index >= 15 is 0 Å². The molecule has 4 aromatic rings. The van der Waals surface area contributed by atoms with Gasteiger partial charge < -0.3 is 24.7 Å². The molecule has 4 aromatic carbocycles. The Kier molecular flexibility index (Phi) is 19.2. The lowest BCUT2D eigenvalue weighted by Crippen LogP contribution is -2.08. The molecule has 2 N–H and O–H groups in total. The predicted molar refractivity (Wildman–Crippen MR) is 227 cm³/mol. The number of nitrogen functional groups attached to an aromatic ring is 1. The summed E-state index contributed by atoms with van der Waals surface area (Å²) in [5, 5.41) is 11.9. The zero-order valence-corrected chi connectivity index (χ0v) is 33.4. The van der Waals surface area contributed by atoms with Crippen LogP contribution in [0.5, 0.6) is 17.2 Å². The maximum atomic E-state index is 13.0. The van der Waals surface area contributed by atoms with Crippen LogP contribution in [0.4, 0.5) is 11.4 Å². The Labute approximate surface area is 337 Å². The highest BCUT2D eigenvalue weighted by atomic mass is 16.6. The number of anilines is 1. The average Bonchev–Trinajstić information content (AvgIpc) is 3.22. The smallest absolute Gasteiger partial charge is 0.343 e. The van der Waals surface area contributed by atoms with Gasteiger partial charge >= 0.3 is 17.6 Å². The fourth-order valence-electron chi connectivity index (χ4n) is 6.43. The van der Waals surface area contributed by atoms with Crippen molar-refractivity contribution < 1.29 is 33.5 Å². The Morgan fingerprint density at radius 2 is 1.14 bits per heavy atom. The van der Waals surface area contributed by atoms with Crippen molar-refractivity contribution in [1.82, 2.24) is 0 Å². The van der Waals surface area contributed by atoms with Crippen LogP contribution in [0.2, 0.25) is 0 Å². The first-order chi connectivity index (χ1) is 27.8. The van der Waals surface area contributed by atoms with Gasteiger partial charge in [-0.25, -0.2) is 9.59 Å². The van der Waals surface area contributed by atoms with Gasteiger partial charge in [-0.3, -0.25) is 10.1 Å². The maximum absolute atomic E-state index is 13.0. The lowest BCUT2D eigenvalue weighted by atomic mass is 10.0. The van der Waals surface area contributed by atoms with Crippen LogP contribution in [0.3, 0.4) is 0 Å². The molecule has 0 bridgehead atoms. The van der Waals surface area contributed by atoms with Crippen LogP contribution >= 0.6 is 0 Å². The molecule has 0 saturated heterocycles. The number of benzene rings is 4. The summed E-state index contributed by atoms with van der Waals surface area (Å²) < 4.78 is 22.4. The van der Waals surface area contributed by atoms with Crippen molar-refractivity contribution in [2.24, 2.45) is 0 Å². The minimum Gasteiger partial charge on any atom is -0.494 e. The van der Waals surface area contributed by atoms with E-state index < -0.39 is 10.9 Å². The molecule has 10 nitrogen and oxygen atoms in total. The monoisotopic (exact) mass is 778 g/mol. The van der Waals surface area contributed by atoms with E-state index in [1.165, 1.54) is 69.6 Å². The number of esters is 2. The zero-order chi connectivity index (χ0) is 40.7. The van der Waals surface area contributed by atoms with Crippen LogP contribution in [0, 0.1) is 10.1 Å². The Bertz CT molecular complexity index is 1840. The van der Waals surface area contributed by atoms with E-state index in [9.17, 15) is 19.7 Å². The van der Waals surface area contributed by atoms with Gasteiger partial charge in [0.25, 0.3) is 0 Å². The number of nitro benzene ring substituents is 1. The number of ether oxygens (including phenoxy) is 4. The number of rotatable bonds is 27. The number of unbranched alkanes of at least 4 members (excludes halogenated alkanes) is 13. The Hall–Kier alpha value is -5.64. The van der Waals surface area contributed by atoms with Crippen molar-refractivity contribution in [1.29, 1.82) is 0 Å². The first-order valence-corrected chi connectivity index (χ1v) is 20.4. The summed E-state index contributed by atoms with van der Waals surface area (Å²) >= 11 is 0. The molecule has 0 heterocycles. The third-order valence-electron chi connectivity index (χ3n) is 9.74. The first-order valence-electron chi connectivity index (χ1n) is 20.4. The van der Waals surface area contributed by atoms with E-state index in [2.05, 4.69) is 13.5 Å². The molecule has 0 atom stereocenters.